The summed E-state index contributed by atoms with van der Waals surface area (Å²) < 4.78 is 32.8. The second-order valence-electron chi connectivity index (χ2n) is 4.54. The average Bonchev–Trinajstić information content (AvgIpc) is 2.64. The number of nitrogens with zero attached hydrogens (tertiary/aromatic N) is 3. The highest BCUT2D eigenvalue weighted by atomic mass is 32.2. The Morgan fingerprint density at radius 1 is 1.43 bits per heavy atom. The molecular formula is C12H21N3O5S. The first-order valence-electron chi connectivity index (χ1n) is 6.50. The molecule has 0 amide bonds. The van der Waals surface area contributed by atoms with Crippen LogP contribution in [0.2, 0.25) is 0 Å². The Morgan fingerprint density at radius 2 is 2.05 bits per heavy atom. The van der Waals surface area contributed by atoms with Crippen molar-refractivity contribution in [3.05, 3.63) is 11.4 Å². The highest BCUT2D eigenvalue weighted by Gasteiger charge is 2.30. The summed E-state index contributed by atoms with van der Waals surface area (Å²) in [6.45, 7) is 5.30. The van der Waals surface area contributed by atoms with Crippen LogP contribution in [-0.4, -0.2) is 60.4 Å². The number of aryl methyl sites for hydroxylation is 1. The highest BCUT2D eigenvalue weighted by molar-refractivity contribution is 7.89. The van der Waals surface area contributed by atoms with Gasteiger partial charge in [-0.3, -0.25) is 9.48 Å². The Hall–Kier alpha value is -1.45. The fourth-order valence-corrected chi connectivity index (χ4v) is 3.91. The van der Waals surface area contributed by atoms with Gasteiger partial charge in [0.25, 0.3) is 0 Å². The Labute approximate surface area is 124 Å². The molecule has 0 aliphatic heterocycles. The molecular weight excluding hydrogens is 298 g/mol. The van der Waals surface area contributed by atoms with Gasteiger partial charge in [0.15, 0.2) is 0 Å². The Balaban J connectivity index is 3.24. The number of sulfonamides is 1. The van der Waals surface area contributed by atoms with E-state index >= 15 is 0 Å². The van der Waals surface area contributed by atoms with E-state index < -0.39 is 16.0 Å². The number of carboxylic acids is 1. The smallest absolute Gasteiger partial charge is 0.325 e. The van der Waals surface area contributed by atoms with Crippen LogP contribution in [0.3, 0.4) is 0 Å². The van der Waals surface area contributed by atoms with E-state index in [1.165, 1.54) is 16.1 Å². The van der Waals surface area contributed by atoms with Crippen LogP contribution in [0.5, 0.6) is 0 Å². The van der Waals surface area contributed by atoms with Gasteiger partial charge in [0.2, 0.25) is 10.0 Å². The molecule has 0 saturated heterocycles. The molecule has 9 heteroatoms. The number of carbonyl (C=O) groups is 1. The molecule has 1 heterocycles. The van der Waals surface area contributed by atoms with Crippen molar-refractivity contribution >= 4 is 16.0 Å². The minimum absolute atomic E-state index is 0.0710. The van der Waals surface area contributed by atoms with Crippen LogP contribution in [0, 0.1) is 13.8 Å². The monoisotopic (exact) mass is 319 g/mol. The summed E-state index contributed by atoms with van der Waals surface area (Å²) in [6.07, 6.45) is 0. The first-order valence-corrected chi connectivity index (χ1v) is 7.94. The molecule has 0 radical (unpaired) electrons. The Morgan fingerprint density at radius 3 is 2.52 bits per heavy atom. The standard InChI is InChI=1S/C12H21N3O5S/c1-5-14(6-7-20-4)21(18,19)12-9(2)13-15(10(12)3)8-11(16)17/h5-8H2,1-4H3,(H,16,17). The van der Waals surface area contributed by atoms with E-state index in [-0.39, 0.29) is 24.6 Å². The van der Waals surface area contributed by atoms with Crippen molar-refractivity contribution in [2.45, 2.75) is 32.2 Å². The number of hydrogen-bond acceptors (Lipinski definition) is 5. The molecule has 0 aliphatic carbocycles. The van der Waals surface area contributed by atoms with E-state index in [2.05, 4.69) is 5.10 Å². The first-order chi connectivity index (χ1) is 9.75. The molecule has 0 atom stereocenters. The van der Waals surface area contributed by atoms with Crippen LogP contribution < -0.4 is 0 Å². The summed E-state index contributed by atoms with van der Waals surface area (Å²) >= 11 is 0. The van der Waals surface area contributed by atoms with Gasteiger partial charge in [-0.25, -0.2) is 8.42 Å². The van der Waals surface area contributed by atoms with E-state index in [0.717, 1.165) is 0 Å². The Bertz CT molecular complexity index is 609. The minimum Gasteiger partial charge on any atom is -0.480 e. The summed E-state index contributed by atoms with van der Waals surface area (Å²) in [5, 5.41) is 12.8. The lowest BCUT2D eigenvalue weighted by molar-refractivity contribution is -0.137. The van der Waals surface area contributed by atoms with E-state index in [4.69, 9.17) is 9.84 Å². The van der Waals surface area contributed by atoms with Crippen molar-refractivity contribution < 1.29 is 23.1 Å². The van der Waals surface area contributed by atoms with Crippen LogP contribution in [-0.2, 0) is 26.1 Å². The number of hydrogen-bond donors (Lipinski definition) is 1. The summed E-state index contributed by atoms with van der Waals surface area (Å²) in [4.78, 5) is 10.9. The van der Waals surface area contributed by atoms with Crippen molar-refractivity contribution in [1.82, 2.24) is 14.1 Å². The molecule has 1 aromatic heterocycles. The van der Waals surface area contributed by atoms with Crippen LogP contribution >= 0.6 is 0 Å². The molecule has 120 valence electrons. The van der Waals surface area contributed by atoms with Gasteiger partial charge in [-0.05, 0) is 13.8 Å². The molecule has 0 fully saturated rings. The second-order valence-corrected chi connectivity index (χ2v) is 6.42. The van der Waals surface area contributed by atoms with Gasteiger partial charge < -0.3 is 9.84 Å². The molecule has 0 spiro atoms. The number of rotatable bonds is 8. The van der Waals surface area contributed by atoms with E-state index in [0.29, 0.717) is 17.9 Å². The number of methoxy groups -OCH3 is 1. The Kier molecular flexibility index (Phi) is 5.87. The summed E-state index contributed by atoms with van der Waals surface area (Å²) in [6, 6.07) is 0. The van der Waals surface area contributed by atoms with Gasteiger partial charge in [0.1, 0.15) is 11.4 Å². The van der Waals surface area contributed by atoms with Gasteiger partial charge in [-0.2, -0.15) is 9.40 Å². The third-order valence-corrected chi connectivity index (χ3v) is 5.32. The molecule has 0 aliphatic rings. The lowest BCUT2D eigenvalue weighted by atomic mass is 10.4. The zero-order valence-corrected chi connectivity index (χ0v) is 13.5. The highest BCUT2D eigenvalue weighted by Crippen LogP contribution is 2.23. The fraction of sp³-hybridized carbons (Fsp3) is 0.667. The van der Waals surface area contributed by atoms with E-state index in [1.54, 1.807) is 20.8 Å². The van der Waals surface area contributed by atoms with E-state index in [9.17, 15) is 13.2 Å². The zero-order valence-electron chi connectivity index (χ0n) is 12.7. The van der Waals surface area contributed by atoms with E-state index in [1.807, 2.05) is 0 Å². The molecule has 0 saturated carbocycles. The molecule has 0 unspecified atom stereocenters. The third-order valence-electron chi connectivity index (χ3n) is 3.10. The lowest BCUT2D eigenvalue weighted by Gasteiger charge is -2.20. The number of aromatic nitrogens is 2. The van der Waals surface area contributed by atoms with Crippen LogP contribution in [0.4, 0.5) is 0 Å². The molecule has 1 aromatic rings. The summed E-state index contributed by atoms with van der Waals surface area (Å²) in [5.74, 6) is -1.07. The predicted molar refractivity (Wildman–Crippen MR) is 75.6 cm³/mol. The molecule has 1 rings (SSSR count). The van der Waals surface area contributed by atoms with Crippen molar-refractivity contribution in [2.24, 2.45) is 0 Å². The lowest BCUT2D eigenvalue weighted by Crippen LogP contribution is -2.34. The normalized spacial score (nSPS) is 12.0. The summed E-state index contributed by atoms with van der Waals surface area (Å²) in [5.41, 5.74) is 0.621. The van der Waals surface area contributed by atoms with Crippen molar-refractivity contribution in [2.75, 3.05) is 26.8 Å². The minimum atomic E-state index is -3.72. The molecule has 1 N–H and O–H groups in total. The maximum Gasteiger partial charge on any atom is 0.325 e. The van der Waals surface area contributed by atoms with Crippen molar-refractivity contribution in [3.63, 3.8) is 0 Å². The van der Waals surface area contributed by atoms with Gasteiger partial charge >= 0.3 is 5.97 Å². The topological polar surface area (TPSA) is 102 Å². The van der Waals surface area contributed by atoms with Gasteiger partial charge in [0.05, 0.1) is 18.0 Å². The summed E-state index contributed by atoms with van der Waals surface area (Å²) in [7, 11) is -2.22. The molecule has 8 nitrogen and oxygen atoms in total. The number of ether oxygens (including phenoxy) is 1. The maximum absolute atomic E-state index is 12.7. The fourth-order valence-electron chi connectivity index (χ4n) is 2.11. The predicted octanol–water partition coefficient (Wildman–Crippen LogP) is 0.242. The first kappa shape index (κ1) is 17.6. The largest absolute Gasteiger partial charge is 0.480 e. The molecule has 21 heavy (non-hydrogen) atoms. The van der Waals surface area contributed by atoms with Crippen LogP contribution in [0.25, 0.3) is 0 Å². The van der Waals surface area contributed by atoms with Crippen LogP contribution in [0.1, 0.15) is 18.3 Å². The SMILES string of the molecule is CCN(CCOC)S(=O)(=O)c1c(C)nn(CC(=O)O)c1C. The quantitative estimate of drug-likeness (QED) is 0.736. The second kappa shape index (κ2) is 7.01. The molecule has 0 aromatic carbocycles. The van der Waals surface area contributed by atoms with Crippen molar-refractivity contribution in [1.29, 1.82) is 0 Å². The molecule has 0 bridgehead atoms. The zero-order chi connectivity index (χ0) is 16.2. The van der Waals surface area contributed by atoms with Gasteiger partial charge in [-0.1, -0.05) is 6.92 Å². The van der Waals surface area contributed by atoms with Crippen LogP contribution in [0.15, 0.2) is 4.90 Å². The number of likely N-dealkylation sites (N-methyl/N-ethyl adjacent to an activating group) is 1. The number of aliphatic carboxylic acids is 1. The number of carboxylic acid groups (broad SMARTS) is 1. The van der Waals surface area contributed by atoms with Gasteiger partial charge in [-0.15, -0.1) is 0 Å². The van der Waals surface area contributed by atoms with Gasteiger partial charge in [0, 0.05) is 20.2 Å². The maximum atomic E-state index is 12.7. The average molecular weight is 319 g/mol. The third kappa shape index (κ3) is 3.80. The van der Waals surface area contributed by atoms with Crippen molar-refractivity contribution in [3.8, 4) is 0 Å².